The number of alkyl halides is 1. The predicted molar refractivity (Wildman–Crippen MR) is 30.4 cm³/mol. The molecule has 2 N–H and O–H groups in total. The number of halogens is 1. The summed E-state index contributed by atoms with van der Waals surface area (Å²) in [6.45, 7) is 2.54. The summed E-state index contributed by atoms with van der Waals surface area (Å²) in [6, 6.07) is 0. The van der Waals surface area contributed by atoms with Gasteiger partial charge in [-0.25, -0.2) is 4.39 Å². The number of ether oxygens (including phenoxy) is 1. The maximum atomic E-state index is 11.9. The van der Waals surface area contributed by atoms with Crippen molar-refractivity contribution in [1.29, 1.82) is 0 Å². The maximum Gasteiger partial charge on any atom is 0.121 e. The number of rotatable bonds is 4. The minimum absolute atomic E-state index is 0.164. The molecule has 0 amide bonds. The van der Waals surface area contributed by atoms with Crippen LogP contribution in [0.4, 0.5) is 4.39 Å². The minimum atomic E-state index is -0.874. The Labute approximate surface area is 48.8 Å². The average molecular weight is 121 g/mol. The molecule has 0 aliphatic carbocycles. The topological polar surface area (TPSA) is 35.2 Å². The normalized spacial score (nSPS) is 13.9. The van der Waals surface area contributed by atoms with E-state index in [0.717, 1.165) is 0 Å². The second-order valence-electron chi connectivity index (χ2n) is 1.64. The third kappa shape index (κ3) is 5.85. The Morgan fingerprint density at radius 3 is 2.75 bits per heavy atom. The second-order valence-corrected chi connectivity index (χ2v) is 1.64. The number of hydrogen-bond donors (Lipinski definition) is 1. The summed E-state index contributed by atoms with van der Waals surface area (Å²) in [6.07, 6.45) is -0.874. The van der Waals surface area contributed by atoms with E-state index in [1.54, 1.807) is 0 Å². The quantitative estimate of drug-likeness (QED) is 0.543. The van der Waals surface area contributed by atoms with Gasteiger partial charge in [-0.05, 0) is 6.92 Å². The van der Waals surface area contributed by atoms with E-state index in [0.29, 0.717) is 13.2 Å². The zero-order chi connectivity index (χ0) is 6.41. The summed E-state index contributed by atoms with van der Waals surface area (Å²) in [5.74, 6) is 0. The highest BCUT2D eigenvalue weighted by Gasteiger charge is 1.94. The van der Waals surface area contributed by atoms with Crippen LogP contribution in [0.1, 0.15) is 6.92 Å². The molecule has 0 heterocycles. The first-order chi connectivity index (χ1) is 3.77. The van der Waals surface area contributed by atoms with Crippen molar-refractivity contribution < 1.29 is 9.13 Å². The summed E-state index contributed by atoms with van der Waals surface area (Å²) in [5, 5.41) is 0. The lowest BCUT2D eigenvalue weighted by Gasteiger charge is -2.00. The Hall–Kier alpha value is -0.150. The summed E-state index contributed by atoms with van der Waals surface area (Å²) in [7, 11) is 0. The summed E-state index contributed by atoms with van der Waals surface area (Å²) >= 11 is 0. The van der Waals surface area contributed by atoms with Gasteiger partial charge in [0.1, 0.15) is 6.17 Å². The second kappa shape index (κ2) is 5.00. The van der Waals surface area contributed by atoms with Crippen molar-refractivity contribution in [2.45, 2.75) is 13.1 Å². The van der Waals surface area contributed by atoms with Crippen LogP contribution >= 0.6 is 0 Å². The molecule has 0 aliphatic heterocycles. The molecule has 0 bridgehead atoms. The maximum absolute atomic E-state index is 11.9. The van der Waals surface area contributed by atoms with Gasteiger partial charge in [-0.15, -0.1) is 0 Å². The Bertz CT molecular complexity index is 49.7. The molecular formula is C5H12FNO. The average Bonchev–Trinajstić information content (AvgIpc) is 1.66. The molecule has 1 unspecified atom stereocenters. The fraction of sp³-hybridized carbons (Fsp3) is 1.00. The van der Waals surface area contributed by atoms with E-state index < -0.39 is 6.17 Å². The molecule has 0 saturated carbocycles. The van der Waals surface area contributed by atoms with Gasteiger partial charge in [0, 0.05) is 6.54 Å². The van der Waals surface area contributed by atoms with Gasteiger partial charge < -0.3 is 10.5 Å². The number of nitrogens with two attached hydrogens (primary N) is 1. The predicted octanol–water partition coefficient (Wildman–Crippen LogP) is 0.320. The van der Waals surface area contributed by atoms with Gasteiger partial charge in [-0.2, -0.15) is 0 Å². The van der Waals surface area contributed by atoms with Crippen LogP contribution < -0.4 is 5.73 Å². The third-order valence-corrected chi connectivity index (χ3v) is 0.610. The molecule has 0 aromatic heterocycles. The van der Waals surface area contributed by atoms with Crippen LogP contribution in [0.2, 0.25) is 0 Å². The van der Waals surface area contributed by atoms with Crippen molar-refractivity contribution in [3.63, 3.8) is 0 Å². The molecule has 0 rings (SSSR count). The van der Waals surface area contributed by atoms with Crippen molar-refractivity contribution in [3.8, 4) is 0 Å². The van der Waals surface area contributed by atoms with Crippen molar-refractivity contribution in [2.24, 2.45) is 5.73 Å². The van der Waals surface area contributed by atoms with Gasteiger partial charge in [0.25, 0.3) is 0 Å². The molecule has 2 nitrogen and oxygen atoms in total. The monoisotopic (exact) mass is 121 g/mol. The first-order valence-corrected chi connectivity index (χ1v) is 2.69. The molecule has 3 heteroatoms. The Balaban J connectivity index is 2.72. The van der Waals surface area contributed by atoms with E-state index in [1.807, 2.05) is 0 Å². The Kier molecular flexibility index (Phi) is 4.90. The van der Waals surface area contributed by atoms with Gasteiger partial charge in [0.2, 0.25) is 0 Å². The van der Waals surface area contributed by atoms with E-state index >= 15 is 0 Å². The molecule has 0 spiro atoms. The minimum Gasteiger partial charge on any atom is -0.377 e. The van der Waals surface area contributed by atoms with Crippen LogP contribution in [0.5, 0.6) is 0 Å². The molecule has 8 heavy (non-hydrogen) atoms. The van der Waals surface area contributed by atoms with Crippen molar-refractivity contribution in [1.82, 2.24) is 0 Å². The van der Waals surface area contributed by atoms with E-state index in [1.165, 1.54) is 6.92 Å². The third-order valence-electron chi connectivity index (χ3n) is 0.610. The SMILES string of the molecule is CC(F)COCCN. The first-order valence-electron chi connectivity index (χ1n) is 2.69. The van der Waals surface area contributed by atoms with Gasteiger partial charge in [0.05, 0.1) is 13.2 Å². The summed E-state index contributed by atoms with van der Waals surface area (Å²) in [5.41, 5.74) is 5.07. The molecule has 0 aromatic rings. The lowest BCUT2D eigenvalue weighted by molar-refractivity contribution is 0.0929. The molecule has 0 saturated heterocycles. The molecule has 1 atom stereocenters. The Morgan fingerprint density at radius 1 is 1.75 bits per heavy atom. The van der Waals surface area contributed by atoms with Crippen LogP contribution in [-0.2, 0) is 4.74 Å². The molecule has 50 valence electrons. The first kappa shape index (κ1) is 7.85. The molecule has 0 aromatic carbocycles. The fourth-order valence-corrected chi connectivity index (χ4v) is 0.329. The zero-order valence-electron chi connectivity index (χ0n) is 5.06. The molecular weight excluding hydrogens is 109 g/mol. The molecule has 0 fully saturated rings. The highest BCUT2D eigenvalue weighted by Crippen LogP contribution is 1.86. The van der Waals surface area contributed by atoms with E-state index in [9.17, 15) is 4.39 Å². The van der Waals surface area contributed by atoms with Crippen LogP contribution in [0.25, 0.3) is 0 Å². The fourth-order valence-electron chi connectivity index (χ4n) is 0.329. The van der Waals surface area contributed by atoms with Crippen LogP contribution in [0.3, 0.4) is 0 Å². The summed E-state index contributed by atoms with van der Waals surface area (Å²) in [4.78, 5) is 0. The molecule has 0 aliphatic rings. The van der Waals surface area contributed by atoms with E-state index in [2.05, 4.69) is 0 Å². The molecule has 0 radical (unpaired) electrons. The van der Waals surface area contributed by atoms with Crippen LogP contribution in [0, 0.1) is 0 Å². The lowest BCUT2D eigenvalue weighted by Crippen LogP contribution is -2.13. The van der Waals surface area contributed by atoms with Gasteiger partial charge in [0.15, 0.2) is 0 Å². The largest absolute Gasteiger partial charge is 0.377 e. The van der Waals surface area contributed by atoms with E-state index in [-0.39, 0.29) is 6.61 Å². The summed E-state index contributed by atoms with van der Waals surface area (Å²) < 4.78 is 16.6. The van der Waals surface area contributed by atoms with Crippen LogP contribution in [0.15, 0.2) is 0 Å². The highest BCUT2D eigenvalue weighted by atomic mass is 19.1. The van der Waals surface area contributed by atoms with Crippen molar-refractivity contribution in [2.75, 3.05) is 19.8 Å². The highest BCUT2D eigenvalue weighted by molar-refractivity contribution is 4.41. The standard InChI is InChI=1S/C5H12FNO/c1-5(6)4-8-3-2-7/h5H,2-4,7H2,1H3. The van der Waals surface area contributed by atoms with Crippen LogP contribution in [-0.4, -0.2) is 25.9 Å². The lowest BCUT2D eigenvalue weighted by atomic mass is 10.5. The zero-order valence-corrected chi connectivity index (χ0v) is 5.06. The number of hydrogen-bond acceptors (Lipinski definition) is 2. The van der Waals surface area contributed by atoms with Crippen molar-refractivity contribution in [3.05, 3.63) is 0 Å². The van der Waals surface area contributed by atoms with E-state index in [4.69, 9.17) is 10.5 Å². The van der Waals surface area contributed by atoms with Gasteiger partial charge >= 0.3 is 0 Å². The van der Waals surface area contributed by atoms with Gasteiger partial charge in [-0.3, -0.25) is 0 Å². The van der Waals surface area contributed by atoms with Crippen molar-refractivity contribution >= 4 is 0 Å². The van der Waals surface area contributed by atoms with Gasteiger partial charge in [-0.1, -0.05) is 0 Å². The Morgan fingerprint density at radius 2 is 2.38 bits per heavy atom. The smallest absolute Gasteiger partial charge is 0.121 e.